The fourth-order valence-electron chi connectivity index (χ4n) is 2.27. The average molecular weight is 215 g/mol. The number of aliphatic hydroxyl groups excluding tert-OH is 1. The highest BCUT2D eigenvalue weighted by Crippen LogP contribution is 2.21. The first kappa shape index (κ1) is 12.9. The lowest BCUT2D eigenvalue weighted by molar-refractivity contribution is 0.0639. The van der Waals surface area contributed by atoms with Gasteiger partial charge in [-0.2, -0.15) is 0 Å². The molecule has 0 saturated heterocycles. The molecular weight excluding hydrogens is 190 g/mol. The van der Waals surface area contributed by atoms with Crippen molar-refractivity contribution in [1.82, 2.24) is 5.32 Å². The van der Waals surface area contributed by atoms with E-state index in [1.807, 2.05) is 0 Å². The Morgan fingerprint density at radius 3 is 2.53 bits per heavy atom. The van der Waals surface area contributed by atoms with Crippen molar-refractivity contribution in [3.05, 3.63) is 0 Å². The summed E-state index contributed by atoms with van der Waals surface area (Å²) in [6.07, 6.45) is 7.92. The normalized spacial score (nSPS) is 21.2. The molecule has 0 amide bonds. The molecule has 90 valence electrons. The lowest BCUT2D eigenvalue weighted by atomic mass is 10.0. The molecular formula is C12H25NO2. The summed E-state index contributed by atoms with van der Waals surface area (Å²) in [5.41, 5.74) is 0. The summed E-state index contributed by atoms with van der Waals surface area (Å²) >= 11 is 0. The van der Waals surface area contributed by atoms with E-state index < -0.39 is 0 Å². The number of hydrogen-bond acceptors (Lipinski definition) is 3. The van der Waals surface area contributed by atoms with Crippen molar-refractivity contribution in [1.29, 1.82) is 0 Å². The van der Waals surface area contributed by atoms with Crippen LogP contribution in [0.3, 0.4) is 0 Å². The van der Waals surface area contributed by atoms with E-state index in [9.17, 15) is 5.11 Å². The Hall–Kier alpha value is -0.120. The van der Waals surface area contributed by atoms with E-state index >= 15 is 0 Å². The quantitative estimate of drug-likeness (QED) is 0.661. The van der Waals surface area contributed by atoms with Gasteiger partial charge in [0.15, 0.2) is 0 Å². The molecule has 1 rings (SSSR count). The van der Waals surface area contributed by atoms with Crippen LogP contribution in [0.1, 0.15) is 38.5 Å². The molecule has 0 aromatic heterocycles. The third kappa shape index (κ3) is 6.13. The monoisotopic (exact) mass is 215 g/mol. The predicted octanol–water partition coefficient (Wildman–Crippen LogP) is 1.55. The maximum atomic E-state index is 9.45. The van der Waals surface area contributed by atoms with Crippen LogP contribution in [-0.4, -0.2) is 38.0 Å². The van der Waals surface area contributed by atoms with Gasteiger partial charge in [0.25, 0.3) is 0 Å². The summed E-state index contributed by atoms with van der Waals surface area (Å²) in [6.45, 7) is 2.14. The molecule has 2 N–H and O–H groups in total. The van der Waals surface area contributed by atoms with Crippen LogP contribution in [0.25, 0.3) is 0 Å². The molecule has 0 aromatic rings. The zero-order chi connectivity index (χ0) is 10.9. The van der Waals surface area contributed by atoms with Crippen LogP contribution in [-0.2, 0) is 4.74 Å². The molecule has 0 aliphatic heterocycles. The fourth-order valence-corrected chi connectivity index (χ4v) is 2.27. The van der Waals surface area contributed by atoms with Crippen LogP contribution in [0, 0.1) is 5.92 Å². The summed E-state index contributed by atoms with van der Waals surface area (Å²) in [7, 11) is 1.62. The maximum Gasteiger partial charge on any atom is 0.0897 e. The van der Waals surface area contributed by atoms with Crippen LogP contribution in [0.15, 0.2) is 0 Å². The van der Waals surface area contributed by atoms with Gasteiger partial charge in [-0.25, -0.2) is 0 Å². The highest BCUT2D eigenvalue weighted by atomic mass is 16.5. The van der Waals surface area contributed by atoms with E-state index in [0.29, 0.717) is 13.2 Å². The number of nitrogens with one attached hydrogen (secondary N) is 1. The third-order valence-electron chi connectivity index (χ3n) is 3.15. The Balaban J connectivity index is 2.02. The molecule has 15 heavy (non-hydrogen) atoms. The van der Waals surface area contributed by atoms with Gasteiger partial charge in [0.05, 0.1) is 12.7 Å². The minimum atomic E-state index is -0.360. The van der Waals surface area contributed by atoms with E-state index in [-0.39, 0.29) is 6.10 Å². The van der Waals surface area contributed by atoms with Gasteiger partial charge in [-0.05, 0) is 25.3 Å². The van der Waals surface area contributed by atoms with Crippen molar-refractivity contribution in [2.24, 2.45) is 5.92 Å². The predicted molar refractivity (Wildman–Crippen MR) is 61.9 cm³/mol. The molecule has 3 heteroatoms. The second kappa shape index (κ2) is 8.08. The SMILES string of the molecule is COCC(O)CNCC1CCCCCC1. The minimum Gasteiger partial charge on any atom is -0.389 e. The molecule has 1 fully saturated rings. The van der Waals surface area contributed by atoms with Crippen molar-refractivity contribution in [3.8, 4) is 0 Å². The Bertz CT molecular complexity index is 145. The molecule has 1 saturated carbocycles. The van der Waals surface area contributed by atoms with Gasteiger partial charge in [-0.3, -0.25) is 0 Å². The summed E-state index contributed by atoms with van der Waals surface area (Å²) in [5, 5.41) is 12.8. The third-order valence-corrected chi connectivity index (χ3v) is 3.15. The molecule has 1 atom stereocenters. The van der Waals surface area contributed by atoms with Crippen LogP contribution in [0.4, 0.5) is 0 Å². The van der Waals surface area contributed by atoms with Crippen molar-refractivity contribution < 1.29 is 9.84 Å². The number of ether oxygens (including phenoxy) is 1. The summed E-state index contributed by atoms with van der Waals surface area (Å²) in [6, 6.07) is 0. The lowest BCUT2D eigenvalue weighted by Crippen LogP contribution is -2.33. The number of aliphatic hydroxyl groups is 1. The lowest BCUT2D eigenvalue weighted by Gasteiger charge is -2.16. The Labute approximate surface area is 93.2 Å². The Kier molecular flexibility index (Phi) is 6.98. The molecule has 0 radical (unpaired) electrons. The van der Waals surface area contributed by atoms with Crippen LogP contribution in [0.5, 0.6) is 0 Å². The van der Waals surface area contributed by atoms with Gasteiger partial charge in [-0.15, -0.1) is 0 Å². The highest BCUT2D eigenvalue weighted by Gasteiger charge is 2.12. The van der Waals surface area contributed by atoms with Crippen molar-refractivity contribution in [2.45, 2.75) is 44.6 Å². The van der Waals surface area contributed by atoms with Gasteiger partial charge < -0.3 is 15.2 Å². The van der Waals surface area contributed by atoms with Crippen molar-refractivity contribution >= 4 is 0 Å². The van der Waals surface area contributed by atoms with E-state index in [4.69, 9.17) is 4.74 Å². The summed E-state index contributed by atoms with van der Waals surface area (Å²) < 4.78 is 4.88. The van der Waals surface area contributed by atoms with E-state index in [1.165, 1.54) is 38.5 Å². The maximum absolute atomic E-state index is 9.45. The van der Waals surface area contributed by atoms with E-state index in [2.05, 4.69) is 5.32 Å². The smallest absolute Gasteiger partial charge is 0.0897 e. The molecule has 1 aliphatic rings. The zero-order valence-electron chi connectivity index (χ0n) is 9.87. The number of hydrogen-bond donors (Lipinski definition) is 2. The molecule has 1 unspecified atom stereocenters. The molecule has 1 aliphatic carbocycles. The van der Waals surface area contributed by atoms with Gasteiger partial charge >= 0.3 is 0 Å². The Morgan fingerprint density at radius 2 is 1.93 bits per heavy atom. The average Bonchev–Trinajstić information content (AvgIpc) is 2.47. The van der Waals surface area contributed by atoms with E-state index in [0.717, 1.165) is 12.5 Å². The first-order valence-corrected chi connectivity index (χ1v) is 6.20. The van der Waals surface area contributed by atoms with Gasteiger partial charge in [0.2, 0.25) is 0 Å². The first-order valence-electron chi connectivity index (χ1n) is 6.20. The number of methoxy groups -OCH3 is 1. The fraction of sp³-hybridized carbons (Fsp3) is 1.00. The van der Waals surface area contributed by atoms with Crippen LogP contribution in [0.2, 0.25) is 0 Å². The standard InChI is InChI=1S/C12H25NO2/c1-15-10-12(14)9-13-8-11-6-4-2-3-5-7-11/h11-14H,2-10H2,1H3. The van der Waals surface area contributed by atoms with E-state index in [1.54, 1.807) is 7.11 Å². The highest BCUT2D eigenvalue weighted by molar-refractivity contribution is 4.68. The van der Waals surface area contributed by atoms with Gasteiger partial charge in [0, 0.05) is 13.7 Å². The van der Waals surface area contributed by atoms with Crippen LogP contribution >= 0.6 is 0 Å². The van der Waals surface area contributed by atoms with Crippen molar-refractivity contribution in [2.75, 3.05) is 26.8 Å². The topological polar surface area (TPSA) is 41.5 Å². The van der Waals surface area contributed by atoms with Crippen molar-refractivity contribution in [3.63, 3.8) is 0 Å². The van der Waals surface area contributed by atoms with Crippen LogP contribution < -0.4 is 5.32 Å². The first-order chi connectivity index (χ1) is 7.33. The molecule has 3 nitrogen and oxygen atoms in total. The van der Waals surface area contributed by atoms with Gasteiger partial charge in [0.1, 0.15) is 0 Å². The molecule has 0 spiro atoms. The molecule has 0 heterocycles. The summed E-state index contributed by atoms with van der Waals surface area (Å²) in [5.74, 6) is 0.822. The van der Waals surface area contributed by atoms with Gasteiger partial charge in [-0.1, -0.05) is 25.7 Å². The second-order valence-corrected chi connectivity index (χ2v) is 4.63. The minimum absolute atomic E-state index is 0.360. The largest absolute Gasteiger partial charge is 0.389 e. The summed E-state index contributed by atoms with van der Waals surface area (Å²) in [4.78, 5) is 0. The number of rotatable bonds is 6. The second-order valence-electron chi connectivity index (χ2n) is 4.63. The molecule has 0 bridgehead atoms. The Morgan fingerprint density at radius 1 is 1.27 bits per heavy atom. The zero-order valence-corrected chi connectivity index (χ0v) is 9.87. The molecule has 0 aromatic carbocycles.